The van der Waals surface area contributed by atoms with Crippen molar-refractivity contribution in [1.82, 2.24) is 0 Å². The van der Waals surface area contributed by atoms with E-state index in [2.05, 4.69) is 31.3 Å². The van der Waals surface area contributed by atoms with Gasteiger partial charge in [-0.05, 0) is 17.7 Å². The van der Waals surface area contributed by atoms with Crippen LogP contribution in [0.1, 0.15) is 19.4 Å². The van der Waals surface area contributed by atoms with Crippen LogP contribution in [0.4, 0.5) is 5.69 Å². The van der Waals surface area contributed by atoms with Crippen molar-refractivity contribution in [2.45, 2.75) is 19.3 Å². The zero-order valence-corrected chi connectivity index (χ0v) is 6.94. The number of nitrogens with one attached hydrogen (secondary N) is 1. The van der Waals surface area contributed by atoms with Gasteiger partial charge < -0.3 is 5.32 Å². The maximum Gasteiger partial charge on any atom is 0.0385 e. The molecule has 1 heteroatoms. The second-order valence-corrected chi connectivity index (χ2v) is 3.71. The average molecular weight is 146 g/mol. The Morgan fingerprint density at radius 3 is 3.09 bits per heavy atom. The summed E-state index contributed by atoms with van der Waals surface area (Å²) < 4.78 is 0. The predicted octanol–water partition coefficient (Wildman–Crippen LogP) is 2.19. The van der Waals surface area contributed by atoms with Gasteiger partial charge in [-0.25, -0.2) is 0 Å². The van der Waals surface area contributed by atoms with Gasteiger partial charge in [-0.15, -0.1) is 0 Å². The van der Waals surface area contributed by atoms with Crippen molar-refractivity contribution in [2.24, 2.45) is 0 Å². The van der Waals surface area contributed by atoms with Crippen LogP contribution < -0.4 is 5.32 Å². The van der Waals surface area contributed by atoms with Crippen LogP contribution in [0.25, 0.3) is 0 Å². The van der Waals surface area contributed by atoms with E-state index in [-0.39, 0.29) is 0 Å². The molecular formula is C10H12N. The van der Waals surface area contributed by atoms with E-state index >= 15 is 0 Å². The number of benzene rings is 1. The summed E-state index contributed by atoms with van der Waals surface area (Å²) in [5.74, 6) is 0. The lowest BCUT2D eigenvalue weighted by Gasteiger charge is -2.16. The summed E-state index contributed by atoms with van der Waals surface area (Å²) in [6, 6.07) is 9.21. The molecule has 0 bridgehead atoms. The van der Waals surface area contributed by atoms with Crippen LogP contribution in [0.2, 0.25) is 0 Å². The zero-order valence-electron chi connectivity index (χ0n) is 6.94. The van der Waals surface area contributed by atoms with E-state index in [4.69, 9.17) is 0 Å². The van der Waals surface area contributed by atoms with Crippen LogP contribution in [0.15, 0.2) is 18.2 Å². The summed E-state index contributed by atoms with van der Waals surface area (Å²) in [5, 5.41) is 3.36. The molecule has 1 aromatic rings. The van der Waals surface area contributed by atoms with Crippen molar-refractivity contribution in [1.29, 1.82) is 0 Å². The van der Waals surface area contributed by atoms with E-state index < -0.39 is 0 Å². The normalized spacial score (nSPS) is 19.1. The van der Waals surface area contributed by atoms with Gasteiger partial charge in [-0.2, -0.15) is 0 Å². The third kappa shape index (κ3) is 0.917. The van der Waals surface area contributed by atoms with Crippen LogP contribution in [0, 0.1) is 6.07 Å². The van der Waals surface area contributed by atoms with Crippen molar-refractivity contribution in [3.8, 4) is 0 Å². The summed E-state index contributed by atoms with van der Waals surface area (Å²) in [6.45, 7) is 5.55. The quantitative estimate of drug-likeness (QED) is 0.591. The second kappa shape index (κ2) is 2.00. The molecule has 1 heterocycles. The van der Waals surface area contributed by atoms with Crippen molar-refractivity contribution >= 4 is 5.69 Å². The minimum absolute atomic E-state index is 0.296. The minimum atomic E-state index is 0.296. The molecule has 0 amide bonds. The fourth-order valence-electron chi connectivity index (χ4n) is 1.58. The Kier molecular flexibility index (Phi) is 1.22. The number of hydrogen-bond donors (Lipinski definition) is 1. The Morgan fingerprint density at radius 2 is 2.36 bits per heavy atom. The number of anilines is 1. The molecule has 0 saturated heterocycles. The first kappa shape index (κ1) is 6.71. The highest BCUT2D eigenvalue weighted by Gasteiger charge is 2.28. The zero-order chi connectivity index (χ0) is 7.90. The van der Waals surface area contributed by atoms with Crippen LogP contribution >= 0.6 is 0 Å². The molecule has 1 nitrogen and oxygen atoms in total. The molecule has 0 atom stereocenters. The lowest BCUT2D eigenvalue weighted by molar-refractivity contribution is 0.586. The van der Waals surface area contributed by atoms with Gasteiger partial charge in [0.25, 0.3) is 0 Å². The SMILES string of the molecule is CC1(C)CNc2c[c]ccc21. The monoisotopic (exact) mass is 146 g/mol. The molecular weight excluding hydrogens is 134 g/mol. The van der Waals surface area contributed by atoms with Gasteiger partial charge in [-0.1, -0.05) is 26.0 Å². The van der Waals surface area contributed by atoms with Crippen LogP contribution in [0.5, 0.6) is 0 Å². The predicted molar refractivity (Wildman–Crippen MR) is 46.8 cm³/mol. The molecule has 1 aliphatic rings. The van der Waals surface area contributed by atoms with Crippen LogP contribution in [-0.2, 0) is 5.41 Å². The average Bonchev–Trinajstić information content (AvgIpc) is 2.29. The molecule has 1 N–H and O–H groups in total. The largest absolute Gasteiger partial charge is 0.384 e. The standard InChI is InChI=1S/C10H12N/c1-10(2)7-11-9-6-4-3-5-8(9)10/h3,5-6,11H,7H2,1-2H3. The minimum Gasteiger partial charge on any atom is -0.384 e. The van der Waals surface area contributed by atoms with E-state index in [1.54, 1.807) is 0 Å². The molecule has 0 saturated carbocycles. The van der Waals surface area contributed by atoms with E-state index in [1.807, 2.05) is 12.1 Å². The first-order valence-corrected chi connectivity index (χ1v) is 3.95. The molecule has 1 aromatic carbocycles. The number of rotatable bonds is 0. The van der Waals surface area contributed by atoms with Crippen LogP contribution in [0.3, 0.4) is 0 Å². The molecule has 2 rings (SSSR count). The van der Waals surface area contributed by atoms with E-state index in [0.29, 0.717) is 5.41 Å². The topological polar surface area (TPSA) is 12.0 Å². The Bertz CT molecular complexity index is 276. The summed E-state index contributed by atoms with van der Waals surface area (Å²) in [6.07, 6.45) is 0. The Balaban J connectivity index is 2.56. The summed E-state index contributed by atoms with van der Waals surface area (Å²) in [4.78, 5) is 0. The molecule has 0 unspecified atom stereocenters. The number of hydrogen-bond acceptors (Lipinski definition) is 1. The smallest absolute Gasteiger partial charge is 0.0385 e. The van der Waals surface area contributed by atoms with Crippen molar-refractivity contribution < 1.29 is 0 Å². The van der Waals surface area contributed by atoms with Gasteiger partial charge in [-0.3, -0.25) is 0 Å². The second-order valence-electron chi connectivity index (χ2n) is 3.71. The van der Waals surface area contributed by atoms with E-state index in [0.717, 1.165) is 6.54 Å². The highest BCUT2D eigenvalue weighted by atomic mass is 14.9. The molecule has 57 valence electrons. The van der Waals surface area contributed by atoms with Crippen molar-refractivity contribution in [2.75, 3.05) is 11.9 Å². The molecule has 1 radical (unpaired) electrons. The summed E-state index contributed by atoms with van der Waals surface area (Å²) in [5.41, 5.74) is 2.96. The van der Waals surface area contributed by atoms with Gasteiger partial charge in [0.05, 0.1) is 0 Å². The summed E-state index contributed by atoms with van der Waals surface area (Å²) in [7, 11) is 0. The van der Waals surface area contributed by atoms with Crippen molar-refractivity contribution in [3.05, 3.63) is 29.8 Å². The Hall–Kier alpha value is -0.980. The maximum absolute atomic E-state index is 3.36. The molecule has 0 spiro atoms. The lowest BCUT2D eigenvalue weighted by Crippen LogP contribution is -2.18. The highest BCUT2D eigenvalue weighted by Crippen LogP contribution is 2.35. The van der Waals surface area contributed by atoms with Gasteiger partial charge in [0.15, 0.2) is 0 Å². The first-order valence-electron chi connectivity index (χ1n) is 3.95. The lowest BCUT2D eigenvalue weighted by atomic mass is 9.87. The first-order chi connectivity index (χ1) is 5.20. The van der Waals surface area contributed by atoms with Gasteiger partial charge in [0, 0.05) is 17.6 Å². The van der Waals surface area contributed by atoms with E-state index in [9.17, 15) is 0 Å². The molecule has 1 aliphatic heterocycles. The number of fused-ring (bicyclic) bond motifs is 1. The third-order valence-electron chi connectivity index (χ3n) is 2.31. The fraction of sp³-hybridized carbons (Fsp3) is 0.400. The van der Waals surface area contributed by atoms with E-state index in [1.165, 1.54) is 11.3 Å². The van der Waals surface area contributed by atoms with Gasteiger partial charge in [0.1, 0.15) is 0 Å². The molecule has 11 heavy (non-hydrogen) atoms. The van der Waals surface area contributed by atoms with Crippen molar-refractivity contribution in [3.63, 3.8) is 0 Å². The third-order valence-corrected chi connectivity index (χ3v) is 2.31. The fourth-order valence-corrected chi connectivity index (χ4v) is 1.58. The van der Waals surface area contributed by atoms with Gasteiger partial charge >= 0.3 is 0 Å². The highest BCUT2D eigenvalue weighted by molar-refractivity contribution is 5.59. The Morgan fingerprint density at radius 1 is 1.55 bits per heavy atom. The molecule has 0 fully saturated rings. The Labute approximate surface area is 67.4 Å². The summed E-state index contributed by atoms with van der Waals surface area (Å²) >= 11 is 0. The van der Waals surface area contributed by atoms with Crippen LogP contribution in [-0.4, -0.2) is 6.54 Å². The molecule has 0 aromatic heterocycles. The van der Waals surface area contributed by atoms with Gasteiger partial charge in [0.2, 0.25) is 0 Å². The maximum atomic E-state index is 3.36. The molecule has 0 aliphatic carbocycles.